The number of aliphatic hydroxyl groups is 1. The van der Waals surface area contributed by atoms with Crippen molar-refractivity contribution in [3.05, 3.63) is 0 Å². The van der Waals surface area contributed by atoms with Gasteiger partial charge in [0.15, 0.2) is 0 Å². The van der Waals surface area contributed by atoms with Gasteiger partial charge in [0.1, 0.15) is 0 Å². The van der Waals surface area contributed by atoms with Gasteiger partial charge < -0.3 is 10.0 Å². The van der Waals surface area contributed by atoms with Gasteiger partial charge in [0.25, 0.3) is 0 Å². The SMILES string of the molecule is CC1(C)CCCC1C(=O)N1CCC[C@H]1CO. The van der Waals surface area contributed by atoms with Crippen molar-refractivity contribution >= 4 is 5.91 Å². The average molecular weight is 225 g/mol. The van der Waals surface area contributed by atoms with Crippen LogP contribution in [0.1, 0.15) is 46.0 Å². The number of likely N-dealkylation sites (tertiary alicyclic amines) is 1. The molecule has 2 rings (SSSR count). The lowest BCUT2D eigenvalue weighted by atomic mass is 9.81. The standard InChI is InChI=1S/C13H23NO2/c1-13(2)7-3-6-11(13)12(16)14-8-4-5-10(14)9-15/h10-11,15H,3-9H2,1-2H3/t10-,11?/m0/s1. The molecule has 3 heteroatoms. The molecule has 0 spiro atoms. The molecule has 2 aliphatic rings. The van der Waals surface area contributed by atoms with Crippen LogP contribution in [0, 0.1) is 11.3 Å². The van der Waals surface area contributed by atoms with Crippen LogP contribution < -0.4 is 0 Å². The fourth-order valence-electron chi connectivity index (χ4n) is 3.30. The fourth-order valence-corrected chi connectivity index (χ4v) is 3.30. The Balaban J connectivity index is 2.07. The molecular weight excluding hydrogens is 202 g/mol. The largest absolute Gasteiger partial charge is 0.394 e. The van der Waals surface area contributed by atoms with E-state index in [1.807, 2.05) is 4.90 Å². The van der Waals surface area contributed by atoms with E-state index in [1.165, 1.54) is 6.42 Å². The van der Waals surface area contributed by atoms with Gasteiger partial charge in [0.05, 0.1) is 12.6 Å². The van der Waals surface area contributed by atoms with Crippen molar-refractivity contribution in [2.45, 2.75) is 52.0 Å². The number of hydrogen-bond donors (Lipinski definition) is 1. The Hall–Kier alpha value is -0.570. The molecule has 92 valence electrons. The van der Waals surface area contributed by atoms with Crippen LogP contribution in [0.5, 0.6) is 0 Å². The van der Waals surface area contributed by atoms with Gasteiger partial charge in [0, 0.05) is 12.5 Å². The molecular formula is C13H23NO2. The van der Waals surface area contributed by atoms with E-state index in [0.717, 1.165) is 32.2 Å². The van der Waals surface area contributed by atoms with E-state index in [2.05, 4.69) is 13.8 Å². The Morgan fingerprint density at radius 2 is 2.12 bits per heavy atom. The van der Waals surface area contributed by atoms with Crippen molar-refractivity contribution < 1.29 is 9.90 Å². The third kappa shape index (κ3) is 1.97. The molecule has 1 unspecified atom stereocenters. The molecule has 1 amide bonds. The number of carbonyl (C=O) groups excluding carboxylic acids is 1. The first-order valence-corrected chi connectivity index (χ1v) is 6.47. The van der Waals surface area contributed by atoms with Gasteiger partial charge in [-0.1, -0.05) is 20.3 Å². The van der Waals surface area contributed by atoms with Crippen LogP contribution in [-0.2, 0) is 4.79 Å². The van der Waals surface area contributed by atoms with Crippen LogP contribution >= 0.6 is 0 Å². The quantitative estimate of drug-likeness (QED) is 0.778. The Bertz CT molecular complexity index is 275. The van der Waals surface area contributed by atoms with Crippen LogP contribution in [0.2, 0.25) is 0 Å². The topological polar surface area (TPSA) is 40.5 Å². The van der Waals surface area contributed by atoms with Crippen LogP contribution in [-0.4, -0.2) is 35.1 Å². The van der Waals surface area contributed by atoms with E-state index in [0.29, 0.717) is 5.91 Å². The lowest BCUT2D eigenvalue weighted by Crippen LogP contribution is -2.43. The monoisotopic (exact) mass is 225 g/mol. The molecule has 1 saturated heterocycles. The average Bonchev–Trinajstić information content (AvgIpc) is 2.82. The summed E-state index contributed by atoms with van der Waals surface area (Å²) in [7, 11) is 0. The number of hydrogen-bond acceptors (Lipinski definition) is 2. The molecule has 1 aliphatic heterocycles. The Morgan fingerprint density at radius 1 is 1.38 bits per heavy atom. The second-order valence-corrected chi connectivity index (χ2v) is 5.94. The molecule has 16 heavy (non-hydrogen) atoms. The van der Waals surface area contributed by atoms with Crippen LogP contribution in [0.4, 0.5) is 0 Å². The molecule has 1 aliphatic carbocycles. The number of carbonyl (C=O) groups is 1. The number of amides is 1. The third-order valence-electron chi connectivity index (χ3n) is 4.43. The number of rotatable bonds is 2. The molecule has 0 aromatic carbocycles. The van der Waals surface area contributed by atoms with Gasteiger partial charge in [-0.2, -0.15) is 0 Å². The zero-order valence-electron chi connectivity index (χ0n) is 10.4. The van der Waals surface area contributed by atoms with Crippen molar-refractivity contribution in [2.24, 2.45) is 11.3 Å². The summed E-state index contributed by atoms with van der Waals surface area (Å²) in [5.74, 6) is 0.471. The van der Waals surface area contributed by atoms with Crippen molar-refractivity contribution in [2.75, 3.05) is 13.2 Å². The Morgan fingerprint density at radius 3 is 2.69 bits per heavy atom. The number of nitrogens with zero attached hydrogens (tertiary/aromatic N) is 1. The maximum Gasteiger partial charge on any atom is 0.226 e. The van der Waals surface area contributed by atoms with Gasteiger partial charge >= 0.3 is 0 Å². The van der Waals surface area contributed by atoms with Gasteiger partial charge in [-0.05, 0) is 31.1 Å². The highest BCUT2D eigenvalue weighted by Gasteiger charge is 2.43. The number of aliphatic hydroxyl groups excluding tert-OH is 1. The maximum absolute atomic E-state index is 12.4. The van der Waals surface area contributed by atoms with Crippen molar-refractivity contribution in [3.8, 4) is 0 Å². The van der Waals surface area contributed by atoms with E-state index in [-0.39, 0.29) is 24.0 Å². The van der Waals surface area contributed by atoms with Gasteiger partial charge in [0.2, 0.25) is 5.91 Å². The summed E-state index contributed by atoms with van der Waals surface area (Å²) in [6.45, 7) is 5.37. The van der Waals surface area contributed by atoms with Crippen LogP contribution in [0.15, 0.2) is 0 Å². The van der Waals surface area contributed by atoms with E-state index in [4.69, 9.17) is 0 Å². The summed E-state index contributed by atoms with van der Waals surface area (Å²) in [5, 5.41) is 9.26. The highest BCUT2D eigenvalue weighted by Crippen LogP contribution is 2.44. The predicted molar refractivity (Wildman–Crippen MR) is 62.9 cm³/mol. The molecule has 3 nitrogen and oxygen atoms in total. The smallest absolute Gasteiger partial charge is 0.226 e. The van der Waals surface area contributed by atoms with Crippen LogP contribution in [0.25, 0.3) is 0 Å². The summed E-state index contributed by atoms with van der Waals surface area (Å²) in [6, 6.07) is 0.0869. The summed E-state index contributed by atoms with van der Waals surface area (Å²) < 4.78 is 0. The van der Waals surface area contributed by atoms with Crippen LogP contribution in [0.3, 0.4) is 0 Å². The molecule has 0 aromatic heterocycles. The minimum Gasteiger partial charge on any atom is -0.394 e. The van der Waals surface area contributed by atoms with E-state index in [1.54, 1.807) is 0 Å². The van der Waals surface area contributed by atoms with E-state index >= 15 is 0 Å². The fraction of sp³-hybridized carbons (Fsp3) is 0.923. The van der Waals surface area contributed by atoms with Gasteiger partial charge in [-0.15, -0.1) is 0 Å². The zero-order chi connectivity index (χ0) is 11.8. The second-order valence-electron chi connectivity index (χ2n) is 5.94. The minimum absolute atomic E-state index is 0.0869. The van der Waals surface area contributed by atoms with E-state index in [9.17, 15) is 9.90 Å². The lowest BCUT2D eigenvalue weighted by molar-refractivity contribution is -0.139. The molecule has 0 bridgehead atoms. The van der Waals surface area contributed by atoms with Gasteiger partial charge in [-0.25, -0.2) is 0 Å². The predicted octanol–water partition coefficient (Wildman–Crippen LogP) is 1.80. The van der Waals surface area contributed by atoms with Crippen molar-refractivity contribution in [3.63, 3.8) is 0 Å². The minimum atomic E-state index is 0.0869. The molecule has 1 heterocycles. The molecule has 0 radical (unpaired) electrons. The Kier molecular flexibility index (Phi) is 3.24. The molecule has 1 N–H and O–H groups in total. The van der Waals surface area contributed by atoms with E-state index < -0.39 is 0 Å². The molecule has 2 fully saturated rings. The summed E-state index contributed by atoms with van der Waals surface area (Å²) in [6.07, 6.45) is 5.36. The highest BCUT2D eigenvalue weighted by molar-refractivity contribution is 5.80. The second kappa shape index (κ2) is 4.36. The van der Waals surface area contributed by atoms with Crippen molar-refractivity contribution in [1.29, 1.82) is 0 Å². The zero-order valence-corrected chi connectivity index (χ0v) is 10.4. The maximum atomic E-state index is 12.4. The first-order valence-electron chi connectivity index (χ1n) is 6.47. The summed E-state index contributed by atoms with van der Waals surface area (Å²) in [5.41, 5.74) is 0.152. The first kappa shape index (κ1) is 11.9. The van der Waals surface area contributed by atoms with Crippen molar-refractivity contribution in [1.82, 2.24) is 4.90 Å². The summed E-state index contributed by atoms with van der Waals surface area (Å²) >= 11 is 0. The van der Waals surface area contributed by atoms with Gasteiger partial charge in [-0.3, -0.25) is 4.79 Å². The lowest BCUT2D eigenvalue weighted by Gasteiger charge is -2.32. The highest BCUT2D eigenvalue weighted by atomic mass is 16.3. The third-order valence-corrected chi connectivity index (χ3v) is 4.43. The molecule has 2 atom stereocenters. The molecule has 1 saturated carbocycles. The Labute approximate surface area is 97.8 Å². The summed E-state index contributed by atoms with van der Waals surface area (Å²) in [4.78, 5) is 14.4. The normalized spacial score (nSPS) is 33.3. The first-order chi connectivity index (χ1) is 7.56. The molecule has 0 aromatic rings.